The van der Waals surface area contributed by atoms with E-state index >= 15 is 0 Å². The maximum Gasteiger partial charge on any atom is 0.257 e. The van der Waals surface area contributed by atoms with Crippen LogP contribution < -0.4 is 4.74 Å². The highest BCUT2D eigenvalue weighted by Crippen LogP contribution is 2.24. The number of phenolic OH excluding ortho intramolecular Hbond substituents is 1. The average molecular weight is 338 g/mol. The molecule has 4 nitrogen and oxygen atoms in total. The van der Waals surface area contributed by atoms with Gasteiger partial charge in [-0.25, -0.2) is 8.78 Å². The highest BCUT2D eigenvalue weighted by Gasteiger charge is 2.22. The van der Waals surface area contributed by atoms with Gasteiger partial charge in [-0.3, -0.25) is 4.79 Å². The fraction of sp³-hybridized carbons (Fsp3) is 0.417. The first-order valence-corrected chi connectivity index (χ1v) is 6.62. The Balaban J connectivity index is 3.01. The molecule has 0 atom stereocenters. The molecule has 0 unspecified atom stereocenters. The van der Waals surface area contributed by atoms with Crippen LogP contribution >= 0.6 is 15.9 Å². The lowest BCUT2D eigenvalue weighted by molar-refractivity contribution is 0.0569. The molecule has 0 aliphatic heterocycles. The van der Waals surface area contributed by atoms with E-state index in [0.29, 0.717) is 11.1 Å². The van der Waals surface area contributed by atoms with E-state index in [4.69, 9.17) is 4.74 Å². The quantitative estimate of drug-likeness (QED) is 0.811. The first-order valence-electron chi connectivity index (χ1n) is 5.50. The van der Waals surface area contributed by atoms with E-state index in [1.54, 1.807) is 0 Å². The molecule has 7 heteroatoms. The van der Waals surface area contributed by atoms with E-state index in [2.05, 4.69) is 15.9 Å². The summed E-state index contributed by atoms with van der Waals surface area (Å²) in [5.74, 6) is -0.548. The van der Waals surface area contributed by atoms with Crippen molar-refractivity contribution in [1.82, 2.24) is 4.90 Å². The third-order valence-electron chi connectivity index (χ3n) is 2.43. The molecule has 1 amide bonds. The number of hydrogen-bond donors (Lipinski definition) is 1. The van der Waals surface area contributed by atoms with Crippen LogP contribution in [-0.2, 0) is 0 Å². The Morgan fingerprint density at radius 3 is 2.74 bits per heavy atom. The molecule has 106 valence electrons. The second kappa shape index (κ2) is 7.28. The van der Waals surface area contributed by atoms with Gasteiger partial charge in [0.2, 0.25) is 0 Å². The van der Waals surface area contributed by atoms with Crippen molar-refractivity contribution in [3.05, 3.63) is 23.8 Å². The topological polar surface area (TPSA) is 49.8 Å². The first kappa shape index (κ1) is 15.7. The van der Waals surface area contributed by atoms with Crippen molar-refractivity contribution in [2.24, 2.45) is 0 Å². The summed E-state index contributed by atoms with van der Waals surface area (Å²) in [6.45, 7) is -0.555. The predicted octanol–water partition coefficient (Wildman–Crippen LogP) is 2.50. The predicted molar refractivity (Wildman–Crippen MR) is 70.4 cm³/mol. The smallest absolute Gasteiger partial charge is 0.257 e. The van der Waals surface area contributed by atoms with Gasteiger partial charge in [-0.1, -0.05) is 15.9 Å². The second-order valence-corrected chi connectivity index (χ2v) is 4.51. The zero-order valence-corrected chi connectivity index (χ0v) is 11.9. The van der Waals surface area contributed by atoms with Crippen molar-refractivity contribution < 1.29 is 23.4 Å². The fourth-order valence-corrected chi connectivity index (χ4v) is 1.96. The van der Waals surface area contributed by atoms with Crippen LogP contribution in [0.2, 0.25) is 0 Å². The van der Waals surface area contributed by atoms with Crippen LogP contribution in [0.4, 0.5) is 8.78 Å². The van der Waals surface area contributed by atoms with Gasteiger partial charge < -0.3 is 14.7 Å². The van der Waals surface area contributed by atoms with Crippen molar-refractivity contribution in [2.45, 2.75) is 6.43 Å². The Morgan fingerprint density at radius 1 is 1.53 bits per heavy atom. The zero-order chi connectivity index (χ0) is 14.4. The number of halogens is 3. The van der Waals surface area contributed by atoms with Gasteiger partial charge in [-0.05, 0) is 18.2 Å². The Bertz CT molecular complexity index is 443. The van der Waals surface area contributed by atoms with E-state index in [1.807, 2.05) is 0 Å². The average Bonchev–Trinajstić information content (AvgIpc) is 2.37. The summed E-state index contributed by atoms with van der Waals surface area (Å²) >= 11 is 3.10. The number of amides is 1. The molecule has 0 spiro atoms. The molecule has 0 saturated heterocycles. The number of carbonyl (C=O) groups is 1. The highest BCUT2D eigenvalue weighted by atomic mass is 79.9. The Hall–Kier alpha value is -1.37. The lowest BCUT2D eigenvalue weighted by Gasteiger charge is -2.22. The zero-order valence-electron chi connectivity index (χ0n) is 10.3. The number of hydrogen-bond acceptors (Lipinski definition) is 3. The number of methoxy groups -OCH3 is 1. The molecule has 0 aromatic heterocycles. The summed E-state index contributed by atoms with van der Waals surface area (Å²) in [7, 11) is 1.41. The van der Waals surface area contributed by atoms with Gasteiger partial charge in [0.1, 0.15) is 11.5 Å². The van der Waals surface area contributed by atoms with Crippen LogP contribution in [0.25, 0.3) is 0 Å². The minimum atomic E-state index is -2.63. The maximum atomic E-state index is 12.4. The number of rotatable bonds is 6. The normalized spacial score (nSPS) is 10.6. The monoisotopic (exact) mass is 337 g/mol. The van der Waals surface area contributed by atoms with Crippen LogP contribution in [0, 0.1) is 0 Å². The summed E-state index contributed by atoms with van der Waals surface area (Å²) in [6, 6.07) is 4.10. The van der Waals surface area contributed by atoms with E-state index in [0.717, 1.165) is 4.90 Å². The third-order valence-corrected chi connectivity index (χ3v) is 2.79. The van der Waals surface area contributed by atoms with Crippen molar-refractivity contribution in [3.8, 4) is 11.5 Å². The molecule has 19 heavy (non-hydrogen) atoms. The van der Waals surface area contributed by atoms with Crippen LogP contribution in [0.1, 0.15) is 10.4 Å². The summed E-state index contributed by atoms with van der Waals surface area (Å²) in [5.41, 5.74) is -0.0547. The number of aromatic hydroxyl groups is 1. The van der Waals surface area contributed by atoms with Gasteiger partial charge >= 0.3 is 0 Å². The van der Waals surface area contributed by atoms with Crippen LogP contribution in [-0.4, -0.2) is 47.9 Å². The first-order chi connectivity index (χ1) is 8.99. The van der Waals surface area contributed by atoms with Gasteiger partial charge in [0.25, 0.3) is 12.3 Å². The lowest BCUT2D eigenvalue weighted by Crippen LogP contribution is -2.36. The lowest BCUT2D eigenvalue weighted by atomic mass is 10.1. The third kappa shape index (κ3) is 4.34. The molecular formula is C12H14BrF2NO3. The molecule has 1 aromatic rings. The summed E-state index contributed by atoms with van der Waals surface area (Å²) in [4.78, 5) is 13.1. The van der Waals surface area contributed by atoms with E-state index in [9.17, 15) is 18.7 Å². The number of nitrogens with zero attached hydrogens (tertiary/aromatic N) is 1. The van der Waals surface area contributed by atoms with E-state index in [-0.39, 0.29) is 17.9 Å². The molecule has 1 N–H and O–H groups in total. The number of phenols is 1. The molecular weight excluding hydrogens is 324 g/mol. The molecule has 0 fully saturated rings. The SMILES string of the molecule is COc1ccc(O)c(C(=O)N(CCBr)CC(F)F)c1. The number of ether oxygens (including phenoxy) is 1. The van der Waals surface area contributed by atoms with Crippen LogP contribution in [0.3, 0.4) is 0 Å². The molecule has 0 saturated carbocycles. The molecule has 0 aliphatic carbocycles. The maximum absolute atomic E-state index is 12.4. The van der Waals surface area contributed by atoms with Crippen LogP contribution in [0.15, 0.2) is 18.2 Å². The number of alkyl halides is 3. The Labute approximate surface area is 118 Å². The number of carbonyl (C=O) groups excluding carboxylic acids is 1. The van der Waals surface area contributed by atoms with Gasteiger partial charge in [0, 0.05) is 11.9 Å². The largest absolute Gasteiger partial charge is 0.507 e. The summed E-state index contributed by atoms with van der Waals surface area (Å²) in [5, 5.41) is 10.0. The summed E-state index contributed by atoms with van der Waals surface area (Å²) < 4.78 is 29.8. The Kier molecular flexibility index (Phi) is 6.01. The van der Waals surface area contributed by atoms with Crippen molar-refractivity contribution in [3.63, 3.8) is 0 Å². The fourth-order valence-electron chi connectivity index (χ4n) is 1.53. The standard InChI is InChI=1S/C12H14BrF2NO3/c1-19-8-2-3-10(17)9(6-8)12(18)16(5-4-13)7-11(14)15/h2-3,6,11,17H,4-5,7H2,1H3. The minimum Gasteiger partial charge on any atom is -0.507 e. The Morgan fingerprint density at radius 2 is 2.21 bits per heavy atom. The molecule has 0 aliphatic rings. The minimum absolute atomic E-state index is 0.0547. The highest BCUT2D eigenvalue weighted by molar-refractivity contribution is 9.09. The molecule has 1 rings (SSSR count). The van der Waals surface area contributed by atoms with Crippen molar-refractivity contribution >= 4 is 21.8 Å². The van der Waals surface area contributed by atoms with Crippen molar-refractivity contribution in [1.29, 1.82) is 0 Å². The summed E-state index contributed by atoms with van der Waals surface area (Å²) in [6.07, 6.45) is -2.63. The van der Waals surface area contributed by atoms with Crippen LogP contribution in [0.5, 0.6) is 11.5 Å². The molecule has 0 radical (unpaired) electrons. The van der Waals surface area contributed by atoms with E-state index in [1.165, 1.54) is 25.3 Å². The van der Waals surface area contributed by atoms with Gasteiger partial charge in [-0.2, -0.15) is 0 Å². The van der Waals surface area contributed by atoms with Gasteiger partial charge in [-0.15, -0.1) is 0 Å². The molecule has 0 bridgehead atoms. The van der Waals surface area contributed by atoms with Gasteiger partial charge in [0.05, 0.1) is 19.2 Å². The number of benzene rings is 1. The second-order valence-electron chi connectivity index (χ2n) is 3.71. The molecule has 0 heterocycles. The van der Waals surface area contributed by atoms with Crippen molar-refractivity contribution in [2.75, 3.05) is 25.5 Å². The molecule has 1 aromatic carbocycles. The van der Waals surface area contributed by atoms with E-state index < -0.39 is 18.9 Å². The van der Waals surface area contributed by atoms with Gasteiger partial charge in [0.15, 0.2) is 0 Å².